The number of fused-ring (bicyclic) bond motifs is 3. The maximum atomic E-state index is 12.1. The number of carbonyl (C=O) groups is 1. The predicted octanol–water partition coefficient (Wildman–Crippen LogP) is 1.30. The smallest absolute Gasteiger partial charge is 0.249 e. The van der Waals surface area contributed by atoms with Crippen LogP contribution in [0.1, 0.15) is 18.8 Å². The topological polar surface area (TPSA) is 75.2 Å². The van der Waals surface area contributed by atoms with Crippen molar-refractivity contribution in [1.29, 1.82) is 0 Å². The lowest BCUT2D eigenvalue weighted by atomic mass is 9.93. The fraction of sp³-hybridized carbons (Fsp3) is 0.526. The third kappa shape index (κ3) is 3.28. The van der Waals surface area contributed by atoms with Crippen LogP contribution in [0.5, 0.6) is 0 Å². The van der Waals surface area contributed by atoms with E-state index in [1.165, 1.54) is 0 Å². The van der Waals surface area contributed by atoms with E-state index in [1.807, 2.05) is 30.3 Å². The lowest BCUT2D eigenvalue weighted by molar-refractivity contribution is -0.353. The molecule has 1 N–H and O–H groups in total. The van der Waals surface area contributed by atoms with Crippen LogP contribution < -0.4 is 5.32 Å². The van der Waals surface area contributed by atoms with Crippen LogP contribution in [0.4, 0.5) is 0 Å². The number of rotatable bonds is 4. The molecule has 3 heterocycles. The van der Waals surface area contributed by atoms with E-state index < -0.39 is 24.7 Å². The Morgan fingerprint density at radius 2 is 2.04 bits per heavy atom. The van der Waals surface area contributed by atoms with Gasteiger partial charge in [-0.05, 0) is 6.92 Å². The van der Waals surface area contributed by atoms with E-state index in [4.69, 9.17) is 23.7 Å². The number of hydrogen-bond acceptors (Lipinski definition) is 6. The maximum Gasteiger partial charge on any atom is 0.249 e. The molecule has 1 amide bonds. The summed E-state index contributed by atoms with van der Waals surface area (Å²) in [6.45, 7) is 6.04. The van der Waals surface area contributed by atoms with Gasteiger partial charge >= 0.3 is 0 Å². The molecule has 26 heavy (non-hydrogen) atoms. The minimum Gasteiger partial charge on any atom is -0.360 e. The number of benzene rings is 1. The third-order valence-electron chi connectivity index (χ3n) is 4.83. The molecule has 3 aliphatic heterocycles. The molecule has 4 rings (SSSR count). The lowest BCUT2D eigenvalue weighted by Gasteiger charge is -2.51. The molecule has 0 aromatic heterocycles. The van der Waals surface area contributed by atoms with Gasteiger partial charge < -0.3 is 29.0 Å². The van der Waals surface area contributed by atoms with Crippen molar-refractivity contribution >= 4 is 5.91 Å². The zero-order chi connectivity index (χ0) is 18.1. The minimum absolute atomic E-state index is 0.188. The molecule has 0 spiro atoms. The largest absolute Gasteiger partial charge is 0.360 e. The van der Waals surface area contributed by atoms with Gasteiger partial charge in [0.2, 0.25) is 5.91 Å². The average Bonchev–Trinajstić information content (AvgIpc) is 2.68. The Bertz CT molecular complexity index is 653. The van der Waals surface area contributed by atoms with Crippen molar-refractivity contribution in [2.24, 2.45) is 0 Å². The monoisotopic (exact) mass is 361 g/mol. The number of morpholine rings is 1. The molecule has 7 nitrogen and oxygen atoms in total. The highest BCUT2D eigenvalue weighted by atomic mass is 16.8. The van der Waals surface area contributed by atoms with Crippen molar-refractivity contribution in [3.8, 4) is 0 Å². The van der Waals surface area contributed by atoms with Gasteiger partial charge in [-0.1, -0.05) is 36.4 Å². The molecule has 7 unspecified atom stereocenters. The second kappa shape index (κ2) is 7.46. The Morgan fingerprint density at radius 1 is 1.23 bits per heavy atom. The molecule has 0 bridgehead atoms. The van der Waals surface area contributed by atoms with Crippen LogP contribution in [0.3, 0.4) is 0 Å². The molecule has 1 aromatic carbocycles. The summed E-state index contributed by atoms with van der Waals surface area (Å²) < 4.78 is 29.7. The van der Waals surface area contributed by atoms with E-state index in [9.17, 15) is 4.79 Å². The van der Waals surface area contributed by atoms with Crippen molar-refractivity contribution in [2.45, 2.75) is 50.0 Å². The summed E-state index contributed by atoms with van der Waals surface area (Å²) >= 11 is 0. The van der Waals surface area contributed by atoms with Gasteiger partial charge in [0.05, 0.1) is 13.2 Å². The Hall–Kier alpha value is -1.77. The number of carbonyl (C=O) groups excluding carboxylic acids is 1. The van der Waals surface area contributed by atoms with E-state index in [-0.39, 0.29) is 24.2 Å². The fourth-order valence-corrected chi connectivity index (χ4v) is 3.55. The van der Waals surface area contributed by atoms with Gasteiger partial charge in [-0.3, -0.25) is 4.79 Å². The standard InChI is InChI=1S/C19H23NO6/c1-3-9-22-19-14-16(24-11(2)17(21)20-14)15-13(25-19)10-23-18(26-15)12-7-5-4-6-8-12/h3-8,11,13-16,18-19H,1,9-10H2,2H3,(H,20,21). The molecule has 0 aliphatic carbocycles. The van der Waals surface area contributed by atoms with Crippen LogP contribution in [-0.2, 0) is 28.5 Å². The van der Waals surface area contributed by atoms with Crippen molar-refractivity contribution in [2.75, 3.05) is 13.2 Å². The van der Waals surface area contributed by atoms with Crippen LogP contribution in [0.2, 0.25) is 0 Å². The molecule has 140 valence electrons. The zero-order valence-corrected chi connectivity index (χ0v) is 14.6. The molecular weight excluding hydrogens is 338 g/mol. The molecule has 3 fully saturated rings. The van der Waals surface area contributed by atoms with Crippen molar-refractivity contribution in [1.82, 2.24) is 5.32 Å². The van der Waals surface area contributed by atoms with E-state index >= 15 is 0 Å². The highest BCUT2D eigenvalue weighted by molar-refractivity contribution is 5.81. The Labute approximate surface area is 152 Å². The van der Waals surface area contributed by atoms with Gasteiger partial charge in [0.15, 0.2) is 12.6 Å². The molecule has 0 saturated carbocycles. The Balaban J connectivity index is 1.56. The molecule has 7 atom stereocenters. The van der Waals surface area contributed by atoms with Crippen LogP contribution in [-0.4, -0.2) is 55.9 Å². The van der Waals surface area contributed by atoms with Gasteiger partial charge in [0.25, 0.3) is 0 Å². The number of hydrogen-bond donors (Lipinski definition) is 1. The minimum atomic E-state index is -0.642. The first kappa shape index (κ1) is 17.6. The summed E-state index contributed by atoms with van der Waals surface area (Å²) in [5, 5.41) is 2.95. The van der Waals surface area contributed by atoms with E-state index in [0.29, 0.717) is 13.2 Å². The predicted molar refractivity (Wildman–Crippen MR) is 91.1 cm³/mol. The van der Waals surface area contributed by atoms with Gasteiger partial charge in [0.1, 0.15) is 30.5 Å². The molecule has 7 heteroatoms. The van der Waals surface area contributed by atoms with E-state index in [1.54, 1.807) is 13.0 Å². The van der Waals surface area contributed by atoms with Crippen molar-refractivity contribution in [3.63, 3.8) is 0 Å². The summed E-state index contributed by atoms with van der Waals surface area (Å²) in [5.74, 6) is -0.188. The number of ether oxygens (including phenoxy) is 5. The average molecular weight is 361 g/mol. The van der Waals surface area contributed by atoms with Gasteiger partial charge in [-0.2, -0.15) is 0 Å². The first-order valence-corrected chi connectivity index (χ1v) is 8.83. The van der Waals surface area contributed by atoms with Crippen LogP contribution in [0.25, 0.3) is 0 Å². The highest BCUT2D eigenvalue weighted by Crippen LogP contribution is 2.37. The summed E-state index contributed by atoms with van der Waals surface area (Å²) in [4.78, 5) is 12.1. The SMILES string of the molecule is C=CCOC1OC2COC(c3ccccc3)OC2C2OC(C)C(=O)NC12. The van der Waals surface area contributed by atoms with E-state index in [2.05, 4.69) is 11.9 Å². The van der Waals surface area contributed by atoms with Crippen molar-refractivity contribution in [3.05, 3.63) is 48.6 Å². The second-order valence-electron chi connectivity index (χ2n) is 6.62. The molecule has 1 aromatic rings. The summed E-state index contributed by atoms with van der Waals surface area (Å²) in [6, 6.07) is 9.27. The lowest BCUT2D eigenvalue weighted by Crippen LogP contribution is -2.71. The van der Waals surface area contributed by atoms with Gasteiger partial charge in [0, 0.05) is 5.56 Å². The van der Waals surface area contributed by atoms with Crippen LogP contribution in [0, 0.1) is 0 Å². The quantitative estimate of drug-likeness (QED) is 0.815. The highest BCUT2D eigenvalue weighted by Gasteiger charge is 2.54. The summed E-state index contributed by atoms with van der Waals surface area (Å²) in [6.07, 6.45) is -1.15. The Morgan fingerprint density at radius 3 is 2.81 bits per heavy atom. The summed E-state index contributed by atoms with van der Waals surface area (Å²) in [7, 11) is 0. The maximum absolute atomic E-state index is 12.1. The third-order valence-corrected chi connectivity index (χ3v) is 4.83. The van der Waals surface area contributed by atoms with Gasteiger partial charge in [-0.15, -0.1) is 6.58 Å². The molecular formula is C19H23NO6. The Kier molecular flexibility index (Phi) is 5.06. The zero-order valence-electron chi connectivity index (χ0n) is 14.6. The summed E-state index contributed by atoms with van der Waals surface area (Å²) in [5.41, 5.74) is 0.931. The normalized spacial score (nSPS) is 39.4. The fourth-order valence-electron chi connectivity index (χ4n) is 3.55. The first-order chi connectivity index (χ1) is 12.7. The van der Waals surface area contributed by atoms with Gasteiger partial charge in [-0.25, -0.2) is 0 Å². The van der Waals surface area contributed by atoms with Crippen molar-refractivity contribution < 1.29 is 28.5 Å². The second-order valence-corrected chi connectivity index (χ2v) is 6.62. The first-order valence-electron chi connectivity index (χ1n) is 8.83. The van der Waals surface area contributed by atoms with Crippen LogP contribution >= 0.6 is 0 Å². The van der Waals surface area contributed by atoms with E-state index in [0.717, 1.165) is 5.56 Å². The van der Waals surface area contributed by atoms with Crippen LogP contribution in [0.15, 0.2) is 43.0 Å². The molecule has 0 radical (unpaired) electrons. The molecule has 3 saturated heterocycles. The number of amides is 1. The molecule has 3 aliphatic rings. The number of nitrogens with one attached hydrogen (secondary N) is 1.